The summed E-state index contributed by atoms with van der Waals surface area (Å²) in [6, 6.07) is 10.2. The molecule has 4 aromatic rings. The Kier molecular flexibility index (Phi) is 6.37. The normalized spacial score (nSPS) is 10.8. The average Bonchev–Trinajstić information content (AvgIpc) is 3.42. The number of hydrogen-bond donors (Lipinski definition) is 0. The van der Waals surface area contributed by atoms with Crippen molar-refractivity contribution < 1.29 is 22.8 Å². The van der Waals surface area contributed by atoms with E-state index in [0.717, 1.165) is 15.9 Å². The molecule has 0 N–H and O–H groups in total. The van der Waals surface area contributed by atoms with Gasteiger partial charge in [0.15, 0.2) is 5.69 Å². The van der Waals surface area contributed by atoms with E-state index in [9.17, 15) is 13.2 Å². The van der Waals surface area contributed by atoms with Crippen molar-refractivity contribution in [1.29, 1.82) is 0 Å². The van der Waals surface area contributed by atoms with Gasteiger partial charge in [0.1, 0.15) is 5.69 Å². The number of rotatable bonds is 4. The summed E-state index contributed by atoms with van der Waals surface area (Å²) in [6.07, 6.45) is 2.33. The minimum Gasteiger partial charge on any atom is -0.262 e. The molecule has 3 aromatic heterocycles. The van der Waals surface area contributed by atoms with Gasteiger partial charge in [0.2, 0.25) is 0 Å². The van der Waals surface area contributed by atoms with Crippen molar-refractivity contribution in [2.75, 3.05) is 0 Å². The minimum absolute atomic E-state index is 0.163. The van der Waals surface area contributed by atoms with Gasteiger partial charge in [0.25, 0.3) is 0 Å². The van der Waals surface area contributed by atoms with Crippen LogP contribution in [0.25, 0.3) is 22.6 Å². The minimum atomic E-state index is -4.48. The zero-order valence-electron chi connectivity index (χ0n) is 16.1. The molecule has 31 heavy (non-hydrogen) atoms. The van der Waals surface area contributed by atoms with Crippen molar-refractivity contribution >= 4 is 6.15 Å². The average molecular weight is 428 g/mol. The highest BCUT2D eigenvalue weighted by Gasteiger charge is 2.38. The summed E-state index contributed by atoms with van der Waals surface area (Å²) in [6.45, 7) is 1.67. The molecule has 3 heterocycles. The second-order valence-electron chi connectivity index (χ2n) is 6.17. The van der Waals surface area contributed by atoms with Crippen LogP contribution in [0.5, 0.6) is 0 Å². The fourth-order valence-corrected chi connectivity index (χ4v) is 2.92. The van der Waals surface area contributed by atoms with E-state index in [1.165, 1.54) is 6.20 Å². The van der Waals surface area contributed by atoms with Crippen LogP contribution in [0, 0.1) is 0 Å². The summed E-state index contributed by atoms with van der Waals surface area (Å²) >= 11 is 0. The Hall–Kier alpha value is -4.11. The lowest BCUT2D eigenvalue weighted by Crippen LogP contribution is -2.15. The largest absolute Gasteiger partial charge is 0.433 e. The molecule has 158 valence electrons. The monoisotopic (exact) mass is 428 g/mol. The zero-order chi connectivity index (χ0) is 22.4. The van der Waals surface area contributed by atoms with Gasteiger partial charge in [-0.15, -0.1) is 5.10 Å². The van der Waals surface area contributed by atoms with Crippen molar-refractivity contribution in [1.82, 2.24) is 29.8 Å². The van der Waals surface area contributed by atoms with Crippen molar-refractivity contribution in [3.8, 4) is 22.6 Å². The van der Waals surface area contributed by atoms with Gasteiger partial charge in [-0.3, -0.25) is 4.98 Å². The van der Waals surface area contributed by atoms with E-state index in [2.05, 4.69) is 20.4 Å². The van der Waals surface area contributed by atoms with Crippen LogP contribution in [-0.4, -0.2) is 35.9 Å². The van der Waals surface area contributed by atoms with Crippen LogP contribution in [0.4, 0.5) is 13.2 Å². The first-order valence-electron chi connectivity index (χ1n) is 8.96. The second kappa shape index (κ2) is 9.14. The molecule has 0 fully saturated rings. The molecule has 8 nitrogen and oxygen atoms in total. The summed E-state index contributed by atoms with van der Waals surface area (Å²) < 4.78 is 42.8. The third-order valence-corrected chi connectivity index (χ3v) is 4.31. The third-order valence-electron chi connectivity index (χ3n) is 4.31. The van der Waals surface area contributed by atoms with Gasteiger partial charge in [-0.2, -0.15) is 27.9 Å². The molecule has 0 radical (unpaired) electrons. The van der Waals surface area contributed by atoms with Crippen molar-refractivity contribution in [2.45, 2.75) is 19.5 Å². The molecule has 0 spiro atoms. The lowest BCUT2D eigenvalue weighted by molar-refractivity contribution is -0.191. The van der Waals surface area contributed by atoms with Crippen LogP contribution in [-0.2, 0) is 22.2 Å². The molecule has 0 bridgehead atoms. The molecule has 1 aromatic carbocycles. The molecule has 0 saturated heterocycles. The number of nitrogens with zero attached hydrogens (tertiary/aromatic N) is 6. The van der Waals surface area contributed by atoms with Crippen LogP contribution in [0.15, 0.2) is 61.2 Å². The highest BCUT2D eigenvalue weighted by Crippen LogP contribution is 2.34. The van der Waals surface area contributed by atoms with Crippen molar-refractivity contribution in [3.05, 3.63) is 72.4 Å². The maximum Gasteiger partial charge on any atom is 0.433 e. The summed E-state index contributed by atoms with van der Waals surface area (Å²) in [4.78, 5) is 20.3. The lowest BCUT2D eigenvalue weighted by Gasteiger charge is -2.12. The molecule has 0 unspecified atom stereocenters. The van der Waals surface area contributed by atoms with Gasteiger partial charge in [-0.25, -0.2) is 9.36 Å². The quantitative estimate of drug-likeness (QED) is 0.494. The maximum absolute atomic E-state index is 13.4. The van der Waals surface area contributed by atoms with Gasteiger partial charge >= 0.3 is 12.3 Å². The number of benzene rings is 1. The molecule has 0 atom stereocenters. The number of hydrogen-bond acceptors (Lipinski definition) is 6. The van der Waals surface area contributed by atoms with Crippen LogP contribution in [0.3, 0.4) is 0 Å². The van der Waals surface area contributed by atoms with Gasteiger partial charge < -0.3 is 0 Å². The highest BCUT2D eigenvalue weighted by atomic mass is 19.4. The van der Waals surface area contributed by atoms with Crippen LogP contribution < -0.4 is 0 Å². The Balaban J connectivity index is 0.000000858. The number of aryl methyl sites for hydroxylation is 1. The fourth-order valence-electron chi connectivity index (χ4n) is 2.92. The van der Waals surface area contributed by atoms with E-state index in [1.54, 1.807) is 60.5 Å². The number of halogens is 3. The first-order chi connectivity index (χ1) is 14.9. The number of carbonyl (C=O) groups excluding carboxylic acids is 2. The highest BCUT2D eigenvalue weighted by molar-refractivity contribution is 5.60. The molecule has 0 saturated carbocycles. The van der Waals surface area contributed by atoms with Gasteiger partial charge in [0.05, 0.1) is 30.0 Å². The fraction of sp³-hybridized carbons (Fsp3) is 0.150. The lowest BCUT2D eigenvalue weighted by atomic mass is 10.1. The second-order valence-corrected chi connectivity index (χ2v) is 6.17. The Morgan fingerprint density at radius 2 is 1.74 bits per heavy atom. The van der Waals surface area contributed by atoms with E-state index < -0.39 is 11.9 Å². The number of pyridine rings is 1. The van der Waals surface area contributed by atoms with Gasteiger partial charge in [-0.1, -0.05) is 24.3 Å². The zero-order valence-corrected chi connectivity index (χ0v) is 16.1. The first-order valence-corrected chi connectivity index (χ1v) is 8.96. The van der Waals surface area contributed by atoms with E-state index in [1.807, 2.05) is 6.07 Å². The van der Waals surface area contributed by atoms with Crippen LogP contribution in [0.2, 0.25) is 0 Å². The summed E-state index contributed by atoms with van der Waals surface area (Å²) in [5, 5.41) is 12.1. The standard InChI is InChI=1S/C19H15F3N6.CO2/c1-2-13-10-24-28(18(13)19(20,21)22)15-7-5-14(6-8-15)17-12-27(26-25-17)16-4-3-9-23-11-16;2-1-3/h3-12H,2H2,1H3;. The summed E-state index contributed by atoms with van der Waals surface area (Å²) in [5.41, 5.74) is 1.84. The van der Waals surface area contributed by atoms with Gasteiger partial charge in [0, 0.05) is 17.3 Å². The Morgan fingerprint density at radius 3 is 2.32 bits per heavy atom. The van der Waals surface area contributed by atoms with Crippen LogP contribution >= 0.6 is 0 Å². The smallest absolute Gasteiger partial charge is 0.262 e. The number of alkyl halides is 3. The molecule has 0 aliphatic heterocycles. The van der Waals surface area contributed by atoms with Crippen molar-refractivity contribution in [2.24, 2.45) is 0 Å². The molecular weight excluding hydrogens is 413 g/mol. The summed E-state index contributed by atoms with van der Waals surface area (Å²) in [7, 11) is 0. The predicted octanol–water partition coefficient (Wildman–Crippen LogP) is 3.51. The first kappa shape index (κ1) is 21.6. The van der Waals surface area contributed by atoms with E-state index >= 15 is 0 Å². The van der Waals surface area contributed by atoms with Gasteiger partial charge in [-0.05, 0) is 30.7 Å². The number of aromatic nitrogens is 6. The van der Waals surface area contributed by atoms with Crippen molar-refractivity contribution in [3.63, 3.8) is 0 Å². The van der Waals surface area contributed by atoms with E-state index in [0.29, 0.717) is 11.4 Å². The van der Waals surface area contributed by atoms with E-state index in [4.69, 9.17) is 9.59 Å². The third kappa shape index (κ3) is 4.73. The predicted molar refractivity (Wildman–Crippen MR) is 101 cm³/mol. The molecule has 11 heteroatoms. The maximum atomic E-state index is 13.4. The molecule has 0 amide bonds. The Bertz CT molecular complexity index is 1180. The Morgan fingerprint density at radius 1 is 1.03 bits per heavy atom. The molecular formula is C20H15F3N6O2. The molecule has 0 aliphatic carbocycles. The molecule has 0 aliphatic rings. The van der Waals surface area contributed by atoms with E-state index in [-0.39, 0.29) is 18.1 Å². The SMILES string of the molecule is CCc1cnn(-c2ccc(-c3cn(-c4cccnc4)nn3)cc2)c1C(F)(F)F.O=C=O. The topological polar surface area (TPSA) is 95.6 Å². The van der Waals surface area contributed by atoms with Crippen LogP contribution in [0.1, 0.15) is 18.2 Å². The summed E-state index contributed by atoms with van der Waals surface area (Å²) in [5.74, 6) is 0. The Labute approximate surface area is 174 Å². The molecule has 4 rings (SSSR count).